The number of benzene rings is 1. The largest absolute Gasteiger partial charge is 0.491 e. The summed E-state index contributed by atoms with van der Waals surface area (Å²) in [4.78, 5) is 0. The second-order valence-corrected chi connectivity index (χ2v) is 2.05. The normalized spacial score (nSPS) is 9.55. The molecule has 1 aromatic rings. The minimum absolute atomic E-state index is 0.0386. The third-order valence-corrected chi connectivity index (χ3v) is 1.17. The Morgan fingerprint density at radius 1 is 1.45 bits per heavy atom. The van der Waals surface area contributed by atoms with Crippen LogP contribution in [-0.2, 0) is 5.11 Å². The molecule has 59 valence electrons. The van der Waals surface area contributed by atoms with Gasteiger partial charge in [-0.2, -0.15) is 0 Å². The molecule has 1 rings (SSSR count). The minimum Gasteiger partial charge on any atom is -0.491 e. The van der Waals surface area contributed by atoms with Gasteiger partial charge in [0.15, 0.2) is 5.75 Å². The summed E-state index contributed by atoms with van der Waals surface area (Å²) < 4.78 is 4.99. The fourth-order valence-corrected chi connectivity index (χ4v) is 0.728. The maximum absolute atomic E-state index is 10.7. The van der Waals surface area contributed by atoms with Gasteiger partial charge in [-0.3, -0.25) is 5.11 Å². The molecule has 0 fully saturated rings. The van der Waals surface area contributed by atoms with Crippen molar-refractivity contribution in [3.63, 3.8) is 0 Å². The standard InChI is InChI=1S/C8H9O3/c9-4-5-11-8-3-1-2-7(10)6-8/h1-3,6,9H,4-5H2. The van der Waals surface area contributed by atoms with Gasteiger partial charge in [0.25, 0.3) is 0 Å². The highest BCUT2D eigenvalue weighted by atomic mass is 16.5. The first-order chi connectivity index (χ1) is 5.33. The van der Waals surface area contributed by atoms with Crippen LogP contribution in [0.1, 0.15) is 0 Å². The molecule has 0 saturated carbocycles. The van der Waals surface area contributed by atoms with Gasteiger partial charge in [0.05, 0.1) is 6.61 Å². The molecule has 0 amide bonds. The van der Waals surface area contributed by atoms with Crippen molar-refractivity contribution >= 4 is 0 Å². The Morgan fingerprint density at radius 2 is 2.27 bits per heavy atom. The lowest BCUT2D eigenvalue weighted by Gasteiger charge is -2.01. The quantitative estimate of drug-likeness (QED) is 0.709. The molecule has 1 aromatic carbocycles. The first-order valence-corrected chi connectivity index (χ1v) is 3.33. The molecule has 0 aliphatic rings. The molecule has 3 nitrogen and oxygen atoms in total. The molecule has 0 heterocycles. The van der Waals surface area contributed by atoms with Crippen molar-refractivity contribution < 1.29 is 14.9 Å². The van der Waals surface area contributed by atoms with E-state index in [1.165, 1.54) is 12.1 Å². The zero-order valence-electron chi connectivity index (χ0n) is 5.99. The molecule has 1 N–H and O–H groups in total. The Morgan fingerprint density at radius 3 is 2.91 bits per heavy atom. The average molecular weight is 153 g/mol. The first-order valence-electron chi connectivity index (χ1n) is 3.33. The molecule has 0 unspecified atom stereocenters. The molecule has 0 atom stereocenters. The van der Waals surface area contributed by atoms with Crippen molar-refractivity contribution in [2.75, 3.05) is 13.2 Å². The SMILES string of the molecule is [O]c1cccc(OCCO)c1. The van der Waals surface area contributed by atoms with E-state index in [2.05, 4.69) is 0 Å². The van der Waals surface area contributed by atoms with E-state index < -0.39 is 0 Å². The average Bonchev–Trinajstić information content (AvgIpc) is 2.01. The summed E-state index contributed by atoms with van der Waals surface area (Å²) in [5.41, 5.74) is 0. The maximum atomic E-state index is 10.7. The Labute approximate surface area is 64.9 Å². The predicted octanol–water partition coefficient (Wildman–Crippen LogP) is 1.20. The van der Waals surface area contributed by atoms with Crippen LogP contribution in [0.2, 0.25) is 0 Å². The van der Waals surface area contributed by atoms with Gasteiger partial charge in [0.1, 0.15) is 12.4 Å². The molecule has 1 radical (unpaired) electrons. The summed E-state index contributed by atoms with van der Waals surface area (Å²) in [5.74, 6) is 0.423. The van der Waals surface area contributed by atoms with Crippen LogP contribution in [0.25, 0.3) is 0 Å². The molecular weight excluding hydrogens is 144 g/mol. The Kier molecular flexibility index (Phi) is 2.74. The van der Waals surface area contributed by atoms with Gasteiger partial charge < -0.3 is 9.84 Å². The molecule has 0 aromatic heterocycles. The number of aliphatic hydroxyl groups excluding tert-OH is 1. The third kappa shape index (κ3) is 2.47. The van der Waals surface area contributed by atoms with Gasteiger partial charge in [-0.05, 0) is 12.1 Å². The maximum Gasteiger partial charge on any atom is 0.182 e. The minimum atomic E-state index is -0.0829. The summed E-state index contributed by atoms with van der Waals surface area (Å²) in [7, 11) is 0. The van der Waals surface area contributed by atoms with Gasteiger partial charge in [-0.25, -0.2) is 0 Å². The molecule has 11 heavy (non-hydrogen) atoms. The molecule has 0 spiro atoms. The summed E-state index contributed by atoms with van der Waals surface area (Å²) in [6.45, 7) is 0.187. The molecule has 3 heteroatoms. The van der Waals surface area contributed by atoms with Crippen molar-refractivity contribution in [2.45, 2.75) is 0 Å². The highest BCUT2D eigenvalue weighted by Crippen LogP contribution is 2.17. The van der Waals surface area contributed by atoms with E-state index >= 15 is 0 Å². The van der Waals surface area contributed by atoms with E-state index in [-0.39, 0.29) is 19.0 Å². The van der Waals surface area contributed by atoms with Crippen LogP contribution in [0.15, 0.2) is 24.3 Å². The summed E-state index contributed by atoms with van der Waals surface area (Å²) in [6, 6.07) is 6.13. The number of ether oxygens (including phenoxy) is 1. The van der Waals surface area contributed by atoms with E-state index in [9.17, 15) is 5.11 Å². The van der Waals surface area contributed by atoms with Gasteiger partial charge in [0, 0.05) is 6.07 Å². The molecule has 0 bridgehead atoms. The summed E-state index contributed by atoms with van der Waals surface area (Å²) in [6.07, 6.45) is 0. The number of aliphatic hydroxyl groups is 1. The van der Waals surface area contributed by atoms with E-state index in [0.717, 1.165) is 0 Å². The number of rotatable bonds is 3. The van der Waals surface area contributed by atoms with Crippen molar-refractivity contribution in [1.29, 1.82) is 0 Å². The zero-order valence-corrected chi connectivity index (χ0v) is 5.99. The highest BCUT2D eigenvalue weighted by Gasteiger charge is 1.94. The molecule has 0 aliphatic carbocycles. The van der Waals surface area contributed by atoms with Crippen molar-refractivity contribution in [2.24, 2.45) is 0 Å². The monoisotopic (exact) mass is 153 g/mol. The Bertz CT molecular complexity index is 222. The van der Waals surface area contributed by atoms with E-state index in [1.54, 1.807) is 12.1 Å². The number of hydrogen-bond donors (Lipinski definition) is 1. The van der Waals surface area contributed by atoms with E-state index in [0.29, 0.717) is 5.75 Å². The second kappa shape index (κ2) is 3.83. The number of hydrogen-bond acceptors (Lipinski definition) is 2. The fourth-order valence-electron chi connectivity index (χ4n) is 0.728. The van der Waals surface area contributed by atoms with Crippen LogP contribution in [0.4, 0.5) is 0 Å². The van der Waals surface area contributed by atoms with Gasteiger partial charge in [-0.15, -0.1) is 0 Å². The van der Waals surface area contributed by atoms with Gasteiger partial charge >= 0.3 is 0 Å². The van der Waals surface area contributed by atoms with Crippen LogP contribution in [0.3, 0.4) is 0 Å². The first kappa shape index (κ1) is 7.88. The van der Waals surface area contributed by atoms with Crippen molar-refractivity contribution in [1.82, 2.24) is 0 Å². The van der Waals surface area contributed by atoms with Gasteiger partial charge in [-0.1, -0.05) is 6.07 Å². The lowest BCUT2D eigenvalue weighted by atomic mass is 10.3. The molecular formula is C8H9O3. The Hall–Kier alpha value is -1.22. The summed E-state index contributed by atoms with van der Waals surface area (Å²) >= 11 is 0. The topological polar surface area (TPSA) is 49.4 Å². The lowest BCUT2D eigenvalue weighted by molar-refractivity contribution is 0.200. The van der Waals surface area contributed by atoms with Crippen LogP contribution in [-0.4, -0.2) is 18.3 Å². The highest BCUT2D eigenvalue weighted by molar-refractivity contribution is 5.31. The smallest absolute Gasteiger partial charge is 0.182 e. The predicted molar refractivity (Wildman–Crippen MR) is 39.2 cm³/mol. The van der Waals surface area contributed by atoms with Crippen LogP contribution >= 0.6 is 0 Å². The van der Waals surface area contributed by atoms with Crippen LogP contribution < -0.4 is 4.74 Å². The second-order valence-electron chi connectivity index (χ2n) is 2.05. The molecule has 0 aliphatic heterocycles. The van der Waals surface area contributed by atoms with Gasteiger partial charge in [0.2, 0.25) is 0 Å². The van der Waals surface area contributed by atoms with Crippen molar-refractivity contribution in [3.05, 3.63) is 24.3 Å². The fraction of sp³-hybridized carbons (Fsp3) is 0.250. The summed E-state index contributed by atoms with van der Waals surface area (Å²) in [5, 5.41) is 19.1. The van der Waals surface area contributed by atoms with E-state index in [1.807, 2.05) is 0 Å². The van der Waals surface area contributed by atoms with Crippen molar-refractivity contribution in [3.8, 4) is 11.5 Å². The van der Waals surface area contributed by atoms with Crippen LogP contribution in [0, 0.1) is 0 Å². The molecule has 0 saturated heterocycles. The third-order valence-electron chi connectivity index (χ3n) is 1.17. The van der Waals surface area contributed by atoms with E-state index in [4.69, 9.17) is 9.84 Å². The lowest BCUT2D eigenvalue weighted by Crippen LogP contribution is -2.00. The zero-order chi connectivity index (χ0) is 8.10. The Balaban J connectivity index is 2.56. The van der Waals surface area contributed by atoms with Crippen LogP contribution in [0.5, 0.6) is 11.5 Å².